The summed E-state index contributed by atoms with van der Waals surface area (Å²) in [6.07, 6.45) is 7.69. The van der Waals surface area contributed by atoms with Gasteiger partial charge in [-0.1, -0.05) is 0 Å². The van der Waals surface area contributed by atoms with Crippen LogP contribution in [-0.2, 0) is 15.2 Å². The van der Waals surface area contributed by atoms with Gasteiger partial charge in [0.25, 0.3) is 0 Å². The van der Waals surface area contributed by atoms with E-state index in [1.54, 1.807) is 0 Å². The minimum atomic E-state index is 0. The van der Waals surface area contributed by atoms with E-state index in [0.717, 1.165) is 6.42 Å². The number of nitrogens with zero attached hydrogens (tertiary/aromatic N) is 1. The maximum absolute atomic E-state index is 4.65. The van der Waals surface area contributed by atoms with Crippen LogP contribution in [0.2, 0.25) is 0 Å². The van der Waals surface area contributed by atoms with E-state index in [0.29, 0.717) is 20.0 Å². The van der Waals surface area contributed by atoms with Gasteiger partial charge in [0.2, 0.25) is 0 Å². The Kier molecular flexibility index (Phi) is 8.35. The third-order valence-electron chi connectivity index (χ3n) is 4.27. The smallest absolute Gasteiger partial charge is 0.147 e. The first-order chi connectivity index (χ1) is 12.4. The van der Waals surface area contributed by atoms with Gasteiger partial charge in [-0.15, -0.1) is 24.8 Å². The van der Waals surface area contributed by atoms with Crippen molar-refractivity contribution in [3.63, 3.8) is 0 Å². The molecule has 0 aliphatic heterocycles. The predicted molar refractivity (Wildman–Crippen MR) is 114 cm³/mol. The van der Waals surface area contributed by atoms with Crippen molar-refractivity contribution < 1.29 is 15.2 Å². The maximum atomic E-state index is 4.65. The van der Waals surface area contributed by atoms with Crippen molar-refractivity contribution in [3.8, 4) is 0 Å². The molecule has 0 fully saturated rings. The van der Waals surface area contributed by atoms with Crippen LogP contribution < -0.4 is 0 Å². The molecule has 0 spiro atoms. The maximum Gasteiger partial charge on any atom is -0.147 e. The minimum Gasteiger partial charge on any atom is -0.147 e. The average Bonchev–Trinajstić information content (AvgIpc) is 3.17. The number of rotatable bonds is 5. The summed E-state index contributed by atoms with van der Waals surface area (Å²) in [4.78, 5) is 4.65. The van der Waals surface area contributed by atoms with E-state index in [9.17, 15) is 0 Å². The van der Waals surface area contributed by atoms with Crippen LogP contribution >= 0.6 is 24.8 Å². The first-order valence-electron chi connectivity index (χ1n) is 8.49. The van der Waals surface area contributed by atoms with E-state index in [-0.39, 0.29) is 24.8 Å². The number of hydrogen-bond acceptors (Lipinski definition) is 1. The van der Waals surface area contributed by atoms with Crippen LogP contribution in [0, 0.1) is 0 Å². The van der Waals surface area contributed by atoms with Crippen LogP contribution in [0.3, 0.4) is 0 Å². The van der Waals surface area contributed by atoms with Crippen molar-refractivity contribution in [1.29, 1.82) is 0 Å². The molecule has 2 aromatic carbocycles. The molecule has 0 bridgehead atoms. The Labute approximate surface area is 179 Å². The molecular formula is C23H21Cl2CrN. The molecule has 1 aliphatic rings. The molecule has 1 heterocycles. The van der Waals surface area contributed by atoms with Gasteiger partial charge in [-0.3, -0.25) is 0 Å². The Bertz CT molecular complexity index is 854. The number of hydrogen-bond donors (Lipinski definition) is 0. The van der Waals surface area contributed by atoms with Crippen molar-refractivity contribution in [2.45, 2.75) is 11.2 Å². The van der Waals surface area contributed by atoms with Gasteiger partial charge in [0.05, 0.1) is 0 Å². The fraction of sp³-hybridized carbons (Fsp3) is 0.0870. The van der Waals surface area contributed by atoms with Crippen molar-refractivity contribution >= 4 is 30.4 Å². The second kappa shape index (κ2) is 10.5. The first-order valence-corrected chi connectivity index (χ1v) is 9.86. The molecule has 0 amide bonds. The van der Waals surface area contributed by atoms with Crippen molar-refractivity contribution in [2.24, 2.45) is 0 Å². The Morgan fingerprint density at radius 2 is 1.44 bits per heavy atom. The van der Waals surface area contributed by atoms with Gasteiger partial charge in [-0.05, 0) is 0 Å². The minimum absolute atomic E-state index is 0. The Morgan fingerprint density at radius 3 is 2.11 bits per heavy atom. The molecule has 4 rings (SSSR count). The van der Waals surface area contributed by atoms with E-state index >= 15 is 0 Å². The number of aromatic nitrogens is 1. The molecule has 1 aromatic heterocycles. The fourth-order valence-electron chi connectivity index (χ4n) is 3.03. The quantitative estimate of drug-likeness (QED) is 0.449. The van der Waals surface area contributed by atoms with Gasteiger partial charge >= 0.3 is 155 Å². The van der Waals surface area contributed by atoms with E-state index in [1.807, 2.05) is 12.3 Å². The second-order valence-corrected chi connectivity index (χ2v) is 7.93. The summed E-state index contributed by atoms with van der Waals surface area (Å²) in [5, 5.41) is 0. The number of allylic oxidation sites excluding steroid dienone is 4. The molecule has 1 nitrogen and oxygen atoms in total. The summed E-state index contributed by atoms with van der Waals surface area (Å²) >= 11 is 0.336. The second-order valence-electron chi connectivity index (χ2n) is 6.00. The van der Waals surface area contributed by atoms with Crippen molar-refractivity contribution in [1.82, 2.24) is 4.98 Å². The van der Waals surface area contributed by atoms with Crippen molar-refractivity contribution in [2.75, 3.05) is 0 Å². The third-order valence-corrected chi connectivity index (χ3v) is 6.36. The summed E-state index contributed by atoms with van der Waals surface area (Å²) in [6.45, 7) is 0. The molecule has 0 saturated carbocycles. The summed E-state index contributed by atoms with van der Waals surface area (Å²) < 4.78 is 1.90. The molecular weight excluding hydrogens is 413 g/mol. The molecule has 1 aliphatic carbocycles. The Balaban J connectivity index is 0.00000131. The zero-order valence-corrected chi connectivity index (χ0v) is 17.6. The normalized spacial score (nSPS) is 13.6. The number of benzene rings is 2. The van der Waals surface area contributed by atoms with Crippen LogP contribution in [0.5, 0.6) is 0 Å². The van der Waals surface area contributed by atoms with E-state index in [2.05, 4.69) is 89.9 Å². The van der Waals surface area contributed by atoms with Crippen LogP contribution in [0.4, 0.5) is 0 Å². The fourth-order valence-corrected chi connectivity index (χ4v) is 4.95. The Hall–Kier alpha value is -1.82. The predicted octanol–water partition coefficient (Wildman–Crippen LogP) is 6.47. The standard InChI is InChI=1S/C12H10N.C11H9.2ClH.Cr/c1-2-6-11(7-3-1)10-12-8-4-5-9-13-12;1-2-6-10(7-3-1)11-8-4-5-9-11;;;/h1-10H;1-3,6-9H,4H2;2*1H;. The molecule has 4 heteroatoms. The summed E-state index contributed by atoms with van der Waals surface area (Å²) in [7, 11) is 0. The average molecular weight is 434 g/mol. The molecule has 3 aromatic rings. The summed E-state index contributed by atoms with van der Waals surface area (Å²) in [6, 6.07) is 27.7. The number of pyridine rings is 1. The van der Waals surface area contributed by atoms with Crippen LogP contribution in [0.1, 0.15) is 28.0 Å². The topological polar surface area (TPSA) is 12.9 Å². The summed E-state index contributed by atoms with van der Waals surface area (Å²) in [5.41, 5.74) is 5.19. The van der Waals surface area contributed by atoms with Gasteiger partial charge in [-0.2, -0.15) is 0 Å². The van der Waals surface area contributed by atoms with Gasteiger partial charge in [-0.25, -0.2) is 0 Å². The summed E-state index contributed by atoms with van der Waals surface area (Å²) in [5.74, 6) is 0. The van der Waals surface area contributed by atoms with Gasteiger partial charge in [0, 0.05) is 0 Å². The molecule has 1 unspecified atom stereocenters. The number of halogens is 2. The van der Waals surface area contributed by atoms with Crippen LogP contribution in [-0.4, -0.2) is 4.98 Å². The van der Waals surface area contributed by atoms with Crippen LogP contribution in [0.25, 0.3) is 5.57 Å². The molecule has 0 radical (unpaired) electrons. The molecule has 0 N–H and O–H groups in total. The SMILES string of the molecule is C1=[C]([Cr][CH](c2ccccc2)c2ccccn2)CC=C1c1ccccc1.Cl.Cl. The molecule has 27 heavy (non-hydrogen) atoms. The molecule has 0 saturated heterocycles. The largest absolute Gasteiger partial charge is 0.147 e. The van der Waals surface area contributed by atoms with Crippen LogP contribution in [0.15, 0.2) is 102 Å². The van der Waals surface area contributed by atoms with Crippen molar-refractivity contribution in [3.05, 3.63) is 118 Å². The molecule has 1 atom stereocenters. The van der Waals surface area contributed by atoms with E-state index < -0.39 is 0 Å². The van der Waals surface area contributed by atoms with Gasteiger partial charge < -0.3 is 0 Å². The van der Waals surface area contributed by atoms with E-state index in [4.69, 9.17) is 0 Å². The zero-order chi connectivity index (χ0) is 16.9. The first kappa shape index (κ1) is 21.5. The Morgan fingerprint density at radius 1 is 0.778 bits per heavy atom. The zero-order valence-electron chi connectivity index (χ0n) is 14.7. The van der Waals surface area contributed by atoms with Gasteiger partial charge in [0.15, 0.2) is 0 Å². The monoisotopic (exact) mass is 433 g/mol. The third kappa shape index (κ3) is 5.35. The van der Waals surface area contributed by atoms with Gasteiger partial charge in [0.1, 0.15) is 0 Å². The van der Waals surface area contributed by atoms with E-state index in [1.165, 1.54) is 26.8 Å². The molecule has 138 valence electrons.